The van der Waals surface area contributed by atoms with Crippen molar-refractivity contribution in [2.24, 2.45) is 0 Å². The first kappa shape index (κ1) is 12.2. The Labute approximate surface area is 95.4 Å². The van der Waals surface area contributed by atoms with Crippen LogP contribution < -0.4 is 16.8 Å². The monoisotopic (exact) mass is 222 g/mol. The minimum absolute atomic E-state index is 0.0397. The predicted molar refractivity (Wildman–Crippen MR) is 67.1 cm³/mol. The predicted octanol–water partition coefficient (Wildman–Crippen LogP) is 0.741. The van der Waals surface area contributed by atoms with Crippen LogP contribution in [0, 0.1) is 0 Å². The number of hydrogen-bond donors (Lipinski definition) is 3. The third-order valence-electron chi connectivity index (χ3n) is 2.43. The molecule has 0 saturated carbocycles. The van der Waals surface area contributed by atoms with Crippen LogP contribution in [0.15, 0.2) is 18.2 Å². The van der Waals surface area contributed by atoms with Gasteiger partial charge in [0, 0.05) is 19.3 Å². The Morgan fingerprint density at radius 2 is 2.06 bits per heavy atom. The van der Waals surface area contributed by atoms with Gasteiger partial charge in [0.05, 0.1) is 17.9 Å². The highest BCUT2D eigenvalue weighted by Gasteiger charge is 2.05. The number of nitrogens with zero attached hydrogens (tertiary/aromatic N) is 1. The molecule has 1 aromatic carbocycles. The van der Waals surface area contributed by atoms with Gasteiger partial charge in [0.25, 0.3) is 0 Å². The van der Waals surface area contributed by atoms with Crippen LogP contribution in [-0.4, -0.2) is 30.9 Å². The lowest BCUT2D eigenvalue weighted by Crippen LogP contribution is -2.31. The average molecular weight is 222 g/mol. The van der Waals surface area contributed by atoms with Crippen LogP contribution in [-0.2, 0) is 4.79 Å². The number of hydrogen-bond acceptors (Lipinski definition) is 4. The Kier molecular flexibility index (Phi) is 3.99. The third kappa shape index (κ3) is 3.05. The van der Waals surface area contributed by atoms with Crippen molar-refractivity contribution in [1.29, 1.82) is 0 Å². The van der Waals surface area contributed by atoms with Gasteiger partial charge >= 0.3 is 0 Å². The molecule has 0 bridgehead atoms. The summed E-state index contributed by atoms with van der Waals surface area (Å²) in [6, 6.07) is 5.23. The largest absolute Gasteiger partial charge is 0.397 e. The van der Waals surface area contributed by atoms with Gasteiger partial charge in [0.2, 0.25) is 5.91 Å². The van der Waals surface area contributed by atoms with Crippen LogP contribution in [0.4, 0.5) is 17.1 Å². The fourth-order valence-electron chi connectivity index (χ4n) is 1.17. The van der Waals surface area contributed by atoms with E-state index in [0.717, 1.165) is 5.69 Å². The Morgan fingerprint density at radius 1 is 1.38 bits per heavy atom. The molecule has 1 aromatic rings. The first-order valence-electron chi connectivity index (χ1n) is 5.17. The zero-order chi connectivity index (χ0) is 12.1. The zero-order valence-electron chi connectivity index (χ0n) is 9.66. The summed E-state index contributed by atoms with van der Waals surface area (Å²) >= 11 is 0. The fraction of sp³-hybridized carbons (Fsp3) is 0.364. The molecule has 5 N–H and O–H groups in total. The van der Waals surface area contributed by atoms with E-state index in [9.17, 15) is 4.79 Å². The maximum absolute atomic E-state index is 11.5. The van der Waals surface area contributed by atoms with E-state index >= 15 is 0 Å². The quantitative estimate of drug-likeness (QED) is 0.656. The molecule has 1 rings (SSSR count). The summed E-state index contributed by atoms with van der Waals surface area (Å²) in [5.41, 5.74) is 13.1. The first-order chi connectivity index (χ1) is 7.54. The molecular formula is C11H18N4O. The van der Waals surface area contributed by atoms with Crippen molar-refractivity contribution < 1.29 is 4.79 Å². The second kappa shape index (κ2) is 5.25. The van der Waals surface area contributed by atoms with Crippen LogP contribution >= 0.6 is 0 Å². The van der Waals surface area contributed by atoms with E-state index in [1.807, 2.05) is 6.92 Å². The lowest BCUT2D eigenvalue weighted by Gasteiger charge is -2.15. The molecule has 0 fully saturated rings. The van der Waals surface area contributed by atoms with Crippen LogP contribution in [0.3, 0.4) is 0 Å². The van der Waals surface area contributed by atoms with Gasteiger partial charge in [0.1, 0.15) is 0 Å². The normalized spacial score (nSPS) is 9.88. The van der Waals surface area contributed by atoms with Gasteiger partial charge in [-0.3, -0.25) is 4.79 Å². The number of benzene rings is 1. The van der Waals surface area contributed by atoms with Crippen molar-refractivity contribution in [3.8, 4) is 0 Å². The maximum Gasteiger partial charge on any atom is 0.241 e. The van der Waals surface area contributed by atoms with Crippen LogP contribution in [0.5, 0.6) is 0 Å². The number of nitrogens with one attached hydrogen (secondary N) is 1. The zero-order valence-corrected chi connectivity index (χ0v) is 9.66. The second-order valence-electron chi connectivity index (χ2n) is 3.61. The van der Waals surface area contributed by atoms with Gasteiger partial charge in [-0.05, 0) is 25.1 Å². The van der Waals surface area contributed by atoms with Crippen molar-refractivity contribution in [2.45, 2.75) is 6.92 Å². The summed E-state index contributed by atoms with van der Waals surface area (Å²) < 4.78 is 0. The second-order valence-corrected chi connectivity index (χ2v) is 3.61. The van der Waals surface area contributed by atoms with E-state index in [-0.39, 0.29) is 12.5 Å². The maximum atomic E-state index is 11.5. The molecule has 0 radical (unpaired) electrons. The molecule has 1 amide bonds. The molecule has 5 heteroatoms. The molecule has 16 heavy (non-hydrogen) atoms. The van der Waals surface area contributed by atoms with Crippen LogP contribution in [0.2, 0.25) is 0 Å². The topological polar surface area (TPSA) is 84.4 Å². The smallest absolute Gasteiger partial charge is 0.241 e. The molecule has 0 saturated heterocycles. The minimum Gasteiger partial charge on any atom is -0.397 e. The first-order valence-corrected chi connectivity index (χ1v) is 5.17. The van der Waals surface area contributed by atoms with Gasteiger partial charge in [-0.1, -0.05) is 0 Å². The number of carbonyl (C=O) groups is 1. The summed E-state index contributed by atoms with van der Waals surface area (Å²) in [5, 5.41) is 3.00. The summed E-state index contributed by atoms with van der Waals surface area (Å²) in [6.45, 7) is 2.89. The van der Waals surface area contributed by atoms with Crippen molar-refractivity contribution in [3.05, 3.63) is 18.2 Å². The molecule has 0 aliphatic heterocycles. The van der Waals surface area contributed by atoms with E-state index < -0.39 is 0 Å². The van der Waals surface area contributed by atoms with Gasteiger partial charge < -0.3 is 21.7 Å². The van der Waals surface area contributed by atoms with Crippen LogP contribution in [0.25, 0.3) is 0 Å². The highest BCUT2D eigenvalue weighted by atomic mass is 16.2. The van der Waals surface area contributed by atoms with Crippen molar-refractivity contribution in [2.75, 3.05) is 36.9 Å². The molecule has 0 spiro atoms. The fourth-order valence-corrected chi connectivity index (χ4v) is 1.17. The van der Waals surface area contributed by atoms with E-state index in [1.54, 1.807) is 30.1 Å². The molecule has 0 aliphatic rings. The molecule has 0 aliphatic carbocycles. The van der Waals surface area contributed by atoms with E-state index in [2.05, 4.69) is 5.32 Å². The average Bonchev–Trinajstić information content (AvgIpc) is 2.29. The Bertz CT molecular complexity index is 378. The van der Waals surface area contributed by atoms with Gasteiger partial charge in [-0.2, -0.15) is 0 Å². The summed E-state index contributed by atoms with van der Waals surface area (Å²) in [4.78, 5) is 13.2. The van der Waals surface area contributed by atoms with E-state index in [0.29, 0.717) is 17.9 Å². The van der Waals surface area contributed by atoms with Crippen LogP contribution in [0.1, 0.15) is 6.92 Å². The highest BCUT2D eigenvalue weighted by Crippen LogP contribution is 2.19. The molecule has 0 aromatic heterocycles. The lowest BCUT2D eigenvalue weighted by molar-refractivity contribution is -0.127. The molecule has 5 nitrogen and oxygen atoms in total. The number of rotatable bonds is 4. The Hall–Kier alpha value is -1.91. The number of nitrogens with two attached hydrogens (primary N) is 2. The van der Waals surface area contributed by atoms with Crippen molar-refractivity contribution in [1.82, 2.24) is 4.90 Å². The number of anilines is 3. The number of likely N-dealkylation sites (N-methyl/N-ethyl adjacent to an activating group) is 1. The number of nitrogen functional groups attached to an aromatic ring is 2. The van der Waals surface area contributed by atoms with Crippen molar-refractivity contribution in [3.63, 3.8) is 0 Å². The number of amides is 1. The molecular weight excluding hydrogens is 204 g/mol. The minimum atomic E-state index is 0.0397. The highest BCUT2D eigenvalue weighted by molar-refractivity contribution is 5.81. The van der Waals surface area contributed by atoms with Gasteiger partial charge in [0.15, 0.2) is 0 Å². The SMILES string of the molecule is CCN(C)C(=O)CNc1ccc(N)c(N)c1. The Balaban J connectivity index is 2.55. The summed E-state index contributed by atoms with van der Waals surface area (Å²) in [5.74, 6) is 0.0397. The van der Waals surface area contributed by atoms with E-state index in [1.165, 1.54) is 0 Å². The molecule has 88 valence electrons. The summed E-state index contributed by atoms with van der Waals surface area (Å²) in [7, 11) is 1.77. The molecule has 0 heterocycles. The van der Waals surface area contributed by atoms with Gasteiger partial charge in [-0.15, -0.1) is 0 Å². The standard InChI is InChI=1S/C11H18N4O/c1-3-15(2)11(16)7-14-8-4-5-9(12)10(13)6-8/h4-6,14H,3,7,12-13H2,1-2H3. The molecule has 0 atom stereocenters. The molecule has 0 unspecified atom stereocenters. The third-order valence-corrected chi connectivity index (χ3v) is 2.43. The lowest BCUT2D eigenvalue weighted by atomic mass is 10.2. The van der Waals surface area contributed by atoms with E-state index in [4.69, 9.17) is 11.5 Å². The van der Waals surface area contributed by atoms with Crippen molar-refractivity contribution >= 4 is 23.0 Å². The van der Waals surface area contributed by atoms with Gasteiger partial charge in [-0.25, -0.2) is 0 Å². The summed E-state index contributed by atoms with van der Waals surface area (Å²) in [6.07, 6.45) is 0. The number of carbonyl (C=O) groups excluding carboxylic acids is 1. The Morgan fingerprint density at radius 3 is 2.62 bits per heavy atom.